The summed E-state index contributed by atoms with van der Waals surface area (Å²) in [6.07, 6.45) is 0.775. The molecule has 0 radical (unpaired) electrons. The molecule has 0 bridgehead atoms. The van der Waals surface area contributed by atoms with Crippen LogP contribution in [-0.2, 0) is 19.7 Å². The van der Waals surface area contributed by atoms with Gasteiger partial charge in [0.05, 0.1) is 44.1 Å². The maximum Gasteiger partial charge on any atom is 0.308 e. The Balaban J connectivity index is 1.66. The summed E-state index contributed by atoms with van der Waals surface area (Å²) in [5.41, 5.74) is 0.965. The van der Waals surface area contributed by atoms with Gasteiger partial charge in [0.25, 0.3) is 0 Å². The number of methoxy groups -OCH3 is 1. The van der Waals surface area contributed by atoms with Gasteiger partial charge in [-0.05, 0) is 42.8 Å². The lowest BCUT2D eigenvalue weighted by atomic mass is 10.0. The first-order valence-corrected chi connectivity index (χ1v) is 12.3. The van der Waals surface area contributed by atoms with Gasteiger partial charge in [0, 0.05) is 6.54 Å². The predicted molar refractivity (Wildman–Crippen MR) is 126 cm³/mol. The molecule has 2 heterocycles. The van der Waals surface area contributed by atoms with Gasteiger partial charge in [0.2, 0.25) is 10.9 Å². The van der Waals surface area contributed by atoms with E-state index in [-0.39, 0.29) is 39.9 Å². The third kappa shape index (κ3) is 4.79. The number of aromatic nitrogens is 1. The van der Waals surface area contributed by atoms with E-state index in [1.54, 1.807) is 30.3 Å². The molecule has 11 nitrogen and oxygen atoms in total. The monoisotopic (exact) mass is 499 g/mol. The number of benzene rings is 2. The van der Waals surface area contributed by atoms with E-state index >= 15 is 0 Å². The van der Waals surface area contributed by atoms with Gasteiger partial charge in [0.1, 0.15) is 11.4 Å². The van der Waals surface area contributed by atoms with Crippen molar-refractivity contribution in [2.45, 2.75) is 23.9 Å². The SMILES string of the molecule is COc1ccccc1N(OC)S(=O)(=O)c1noc2cc(C(CC#N)NC(=O)C3CCNC3)ccc12. The van der Waals surface area contributed by atoms with Gasteiger partial charge in [-0.1, -0.05) is 23.4 Å². The zero-order valence-corrected chi connectivity index (χ0v) is 20.0. The van der Waals surface area contributed by atoms with Crippen LogP contribution < -0.4 is 19.8 Å². The Morgan fingerprint density at radius 1 is 1.34 bits per heavy atom. The fourth-order valence-electron chi connectivity index (χ4n) is 4.03. The maximum atomic E-state index is 13.4. The number of hydrogen-bond acceptors (Lipinski definition) is 9. The van der Waals surface area contributed by atoms with E-state index < -0.39 is 16.1 Å². The van der Waals surface area contributed by atoms with Crippen LogP contribution in [-0.4, -0.2) is 46.8 Å². The second-order valence-electron chi connectivity index (χ2n) is 7.94. The van der Waals surface area contributed by atoms with Crippen LogP contribution in [0.5, 0.6) is 5.75 Å². The molecule has 1 aliphatic heterocycles. The third-order valence-corrected chi connectivity index (χ3v) is 7.38. The standard InChI is InChI=1S/C23H25N5O6S/c1-32-20-6-4-3-5-19(20)28(33-2)35(30,31)23-17-8-7-15(13-21(17)34-27-23)18(9-11-24)26-22(29)16-10-12-25-14-16/h3-8,13,16,18,25H,9-10,12,14H2,1-2H3,(H,26,29). The van der Waals surface area contributed by atoms with Crippen molar-refractivity contribution in [3.05, 3.63) is 48.0 Å². The third-order valence-electron chi connectivity index (χ3n) is 5.82. The van der Waals surface area contributed by atoms with Crippen LogP contribution in [0.3, 0.4) is 0 Å². The lowest BCUT2D eigenvalue weighted by molar-refractivity contribution is -0.125. The summed E-state index contributed by atoms with van der Waals surface area (Å²) in [6.45, 7) is 1.37. The minimum Gasteiger partial charge on any atom is -0.494 e. The van der Waals surface area contributed by atoms with E-state index in [4.69, 9.17) is 14.1 Å². The Bertz CT molecular complexity index is 1360. The molecule has 1 aromatic heterocycles. The molecule has 2 unspecified atom stereocenters. The highest BCUT2D eigenvalue weighted by atomic mass is 32.2. The molecule has 12 heteroatoms. The zero-order chi connectivity index (χ0) is 25.0. The van der Waals surface area contributed by atoms with Crippen LogP contribution in [0, 0.1) is 17.2 Å². The van der Waals surface area contributed by atoms with Gasteiger partial charge < -0.3 is 19.9 Å². The molecular formula is C23H25N5O6S. The number of rotatable bonds is 9. The average molecular weight is 500 g/mol. The fraction of sp³-hybridized carbons (Fsp3) is 0.348. The van der Waals surface area contributed by atoms with Gasteiger partial charge in [-0.25, -0.2) is 0 Å². The summed E-state index contributed by atoms with van der Waals surface area (Å²) in [5, 5.41) is 19.0. The number of hydrogen-bond donors (Lipinski definition) is 2. The second-order valence-corrected chi connectivity index (χ2v) is 9.61. The van der Waals surface area contributed by atoms with Gasteiger partial charge in [0.15, 0.2) is 5.58 Å². The molecule has 35 heavy (non-hydrogen) atoms. The number of carbonyl (C=O) groups is 1. The van der Waals surface area contributed by atoms with Crippen LogP contribution in [0.15, 0.2) is 52.0 Å². The molecule has 184 valence electrons. The Morgan fingerprint density at radius 3 is 2.83 bits per heavy atom. The van der Waals surface area contributed by atoms with Crippen LogP contribution in [0.1, 0.15) is 24.4 Å². The van der Waals surface area contributed by atoms with E-state index in [1.807, 2.05) is 0 Å². The lowest BCUT2D eigenvalue weighted by Gasteiger charge is -2.22. The first-order valence-electron chi connectivity index (χ1n) is 10.9. The Morgan fingerprint density at radius 2 is 2.14 bits per heavy atom. The predicted octanol–water partition coefficient (Wildman–Crippen LogP) is 2.27. The van der Waals surface area contributed by atoms with Crippen molar-refractivity contribution < 1.29 is 27.3 Å². The second kappa shape index (κ2) is 10.3. The molecule has 3 aromatic rings. The van der Waals surface area contributed by atoms with E-state index in [9.17, 15) is 18.5 Å². The Kier molecular flexibility index (Phi) is 7.20. The van der Waals surface area contributed by atoms with E-state index in [1.165, 1.54) is 26.4 Å². The first kappa shape index (κ1) is 24.5. The highest BCUT2D eigenvalue weighted by molar-refractivity contribution is 7.92. The number of para-hydroxylation sites is 2. The number of sulfonamides is 1. The number of ether oxygens (including phenoxy) is 1. The number of anilines is 1. The molecule has 4 rings (SSSR count). The summed E-state index contributed by atoms with van der Waals surface area (Å²) >= 11 is 0. The number of amides is 1. The number of fused-ring (bicyclic) bond motifs is 1. The molecular weight excluding hydrogens is 474 g/mol. The molecule has 0 aliphatic carbocycles. The minimum atomic E-state index is -4.30. The van der Waals surface area contributed by atoms with E-state index in [0.29, 0.717) is 22.3 Å². The minimum absolute atomic E-state index is 0.0436. The largest absolute Gasteiger partial charge is 0.494 e. The molecule has 2 aromatic carbocycles. The van der Waals surface area contributed by atoms with Crippen LogP contribution >= 0.6 is 0 Å². The molecule has 0 saturated carbocycles. The van der Waals surface area contributed by atoms with Crippen molar-refractivity contribution in [3.63, 3.8) is 0 Å². The van der Waals surface area contributed by atoms with Crippen molar-refractivity contribution in [1.29, 1.82) is 5.26 Å². The number of carbonyl (C=O) groups excluding carboxylic acids is 1. The van der Waals surface area contributed by atoms with Crippen molar-refractivity contribution in [3.8, 4) is 11.8 Å². The Labute approximate surface area is 202 Å². The van der Waals surface area contributed by atoms with Gasteiger partial charge in [-0.3, -0.25) is 9.63 Å². The molecule has 2 atom stereocenters. The summed E-state index contributed by atoms with van der Waals surface area (Å²) in [6, 6.07) is 12.8. The van der Waals surface area contributed by atoms with Gasteiger partial charge in [-0.15, -0.1) is 4.47 Å². The summed E-state index contributed by atoms with van der Waals surface area (Å²) in [5.74, 6) is 0.00115. The normalized spacial score (nSPS) is 16.5. The topological polar surface area (TPSA) is 147 Å². The molecule has 2 N–H and O–H groups in total. The zero-order valence-electron chi connectivity index (χ0n) is 19.2. The highest BCUT2D eigenvalue weighted by Gasteiger charge is 2.33. The average Bonchev–Trinajstić information content (AvgIpc) is 3.54. The van der Waals surface area contributed by atoms with Gasteiger partial charge >= 0.3 is 10.0 Å². The number of nitriles is 1. The van der Waals surface area contributed by atoms with E-state index in [0.717, 1.165) is 13.0 Å². The lowest BCUT2D eigenvalue weighted by Crippen LogP contribution is -2.34. The summed E-state index contributed by atoms with van der Waals surface area (Å²) < 4.78 is 38.2. The quantitative estimate of drug-likeness (QED) is 0.423. The smallest absolute Gasteiger partial charge is 0.308 e. The summed E-state index contributed by atoms with van der Waals surface area (Å²) in [4.78, 5) is 17.8. The maximum absolute atomic E-state index is 13.4. The molecule has 1 fully saturated rings. The number of nitrogens with one attached hydrogen (secondary N) is 2. The highest BCUT2D eigenvalue weighted by Crippen LogP contribution is 2.35. The Hall–Kier alpha value is -3.66. The van der Waals surface area contributed by atoms with Crippen molar-refractivity contribution in [2.24, 2.45) is 5.92 Å². The molecule has 1 saturated heterocycles. The van der Waals surface area contributed by atoms with Gasteiger partial charge in [-0.2, -0.15) is 13.7 Å². The van der Waals surface area contributed by atoms with Crippen molar-refractivity contribution in [1.82, 2.24) is 15.8 Å². The first-order chi connectivity index (χ1) is 16.9. The summed E-state index contributed by atoms with van der Waals surface area (Å²) in [7, 11) is -1.65. The number of nitrogens with zero attached hydrogens (tertiary/aromatic N) is 3. The van der Waals surface area contributed by atoms with Crippen molar-refractivity contribution >= 4 is 32.6 Å². The van der Waals surface area contributed by atoms with E-state index in [2.05, 4.69) is 21.9 Å². The van der Waals surface area contributed by atoms with Crippen LogP contribution in [0.4, 0.5) is 5.69 Å². The molecule has 0 spiro atoms. The van der Waals surface area contributed by atoms with Crippen LogP contribution in [0.25, 0.3) is 11.0 Å². The van der Waals surface area contributed by atoms with Crippen molar-refractivity contribution in [2.75, 3.05) is 31.8 Å². The fourth-order valence-corrected chi connectivity index (χ4v) is 5.37. The molecule has 1 amide bonds. The molecule has 1 aliphatic rings. The van der Waals surface area contributed by atoms with Crippen LogP contribution in [0.2, 0.25) is 0 Å².